The fourth-order valence-electron chi connectivity index (χ4n) is 1.44. The molecule has 1 aromatic heterocycles. The number of aryl methyl sites for hydroxylation is 1. The van der Waals surface area contributed by atoms with Crippen LogP contribution in [-0.2, 0) is 0 Å². The van der Waals surface area contributed by atoms with Crippen LogP contribution in [0.3, 0.4) is 0 Å². The molecule has 3 N–H and O–H groups in total. The van der Waals surface area contributed by atoms with Crippen LogP contribution in [0.2, 0.25) is 0 Å². The predicted octanol–water partition coefficient (Wildman–Crippen LogP) is 3.04. The molecule has 2 aromatic rings. The van der Waals surface area contributed by atoms with Crippen molar-refractivity contribution < 1.29 is 0 Å². The van der Waals surface area contributed by atoms with Gasteiger partial charge in [-0.1, -0.05) is 28.1 Å². The van der Waals surface area contributed by atoms with E-state index in [1.807, 2.05) is 6.92 Å². The highest BCUT2D eigenvalue weighted by molar-refractivity contribution is 9.10. The maximum absolute atomic E-state index is 5.69. The van der Waals surface area contributed by atoms with Crippen LogP contribution >= 0.6 is 15.9 Å². The van der Waals surface area contributed by atoms with Crippen LogP contribution in [0, 0.1) is 13.8 Å². The molecule has 0 aliphatic carbocycles. The third-order valence-corrected chi connectivity index (χ3v) is 3.36. The van der Waals surface area contributed by atoms with Crippen molar-refractivity contribution >= 4 is 21.7 Å². The highest BCUT2D eigenvalue weighted by Crippen LogP contribution is 2.28. The number of nitrogens with zero attached hydrogens (tertiary/aromatic N) is 1. The van der Waals surface area contributed by atoms with Gasteiger partial charge in [0.05, 0.1) is 5.69 Å². The molecule has 78 valence electrons. The summed E-state index contributed by atoms with van der Waals surface area (Å²) in [6.45, 7) is 4.02. The van der Waals surface area contributed by atoms with E-state index in [9.17, 15) is 0 Å². The van der Waals surface area contributed by atoms with Gasteiger partial charge in [0.2, 0.25) is 0 Å². The van der Waals surface area contributed by atoms with E-state index in [4.69, 9.17) is 5.73 Å². The number of hydrogen-bond donors (Lipinski definition) is 2. The number of halogens is 1. The van der Waals surface area contributed by atoms with Crippen molar-refractivity contribution in [1.29, 1.82) is 0 Å². The van der Waals surface area contributed by atoms with Gasteiger partial charge >= 0.3 is 0 Å². The number of nitrogens with one attached hydrogen (secondary N) is 1. The molecule has 0 unspecified atom stereocenters. The lowest BCUT2D eigenvalue weighted by Crippen LogP contribution is -1.86. The zero-order valence-electron chi connectivity index (χ0n) is 8.63. The van der Waals surface area contributed by atoms with Crippen molar-refractivity contribution in [2.24, 2.45) is 0 Å². The van der Waals surface area contributed by atoms with E-state index < -0.39 is 0 Å². The Bertz CT molecular complexity index is 503. The van der Waals surface area contributed by atoms with Gasteiger partial charge in [0.1, 0.15) is 5.82 Å². The van der Waals surface area contributed by atoms with Gasteiger partial charge in [-0.15, -0.1) is 0 Å². The summed E-state index contributed by atoms with van der Waals surface area (Å²) in [7, 11) is 0. The first-order valence-electron chi connectivity index (χ1n) is 4.66. The summed E-state index contributed by atoms with van der Waals surface area (Å²) < 4.78 is 1.09. The number of hydrogen-bond acceptors (Lipinski definition) is 2. The lowest BCUT2D eigenvalue weighted by Gasteiger charge is -2.03. The molecule has 0 spiro atoms. The second-order valence-corrected chi connectivity index (χ2v) is 4.43. The van der Waals surface area contributed by atoms with Crippen molar-refractivity contribution in [3.05, 3.63) is 33.8 Å². The number of aromatic nitrogens is 2. The monoisotopic (exact) mass is 265 g/mol. The third kappa shape index (κ3) is 1.77. The summed E-state index contributed by atoms with van der Waals surface area (Å²) in [6, 6.07) is 6.19. The van der Waals surface area contributed by atoms with Crippen molar-refractivity contribution in [1.82, 2.24) is 10.2 Å². The Morgan fingerprint density at radius 1 is 1.33 bits per heavy atom. The molecule has 0 bridgehead atoms. The molecule has 0 amide bonds. The topological polar surface area (TPSA) is 54.7 Å². The Hall–Kier alpha value is -1.29. The van der Waals surface area contributed by atoms with Crippen LogP contribution < -0.4 is 5.73 Å². The minimum Gasteiger partial charge on any atom is -0.382 e. The van der Waals surface area contributed by atoms with Crippen LogP contribution in [0.25, 0.3) is 11.3 Å². The van der Waals surface area contributed by atoms with E-state index in [1.54, 1.807) is 0 Å². The van der Waals surface area contributed by atoms with Gasteiger partial charge in [-0.3, -0.25) is 5.10 Å². The van der Waals surface area contributed by atoms with Gasteiger partial charge in [0.25, 0.3) is 0 Å². The first-order valence-corrected chi connectivity index (χ1v) is 5.46. The van der Waals surface area contributed by atoms with Crippen molar-refractivity contribution in [3.8, 4) is 11.3 Å². The van der Waals surface area contributed by atoms with E-state index in [-0.39, 0.29) is 0 Å². The molecule has 2 rings (SSSR count). The average molecular weight is 266 g/mol. The molecule has 0 atom stereocenters. The third-order valence-electron chi connectivity index (χ3n) is 2.51. The van der Waals surface area contributed by atoms with E-state index in [2.05, 4.69) is 51.3 Å². The Kier molecular flexibility index (Phi) is 2.52. The smallest absolute Gasteiger partial charge is 0.148 e. The molecule has 0 radical (unpaired) electrons. The lowest BCUT2D eigenvalue weighted by atomic mass is 10.1. The molecule has 1 aromatic carbocycles. The second kappa shape index (κ2) is 3.70. The van der Waals surface area contributed by atoms with E-state index >= 15 is 0 Å². The second-order valence-electron chi connectivity index (χ2n) is 3.57. The van der Waals surface area contributed by atoms with E-state index in [0.29, 0.717) is 5.82 Å². The Balaban J connectivity index is 2.55. The van der Waals surface area contributed by atoms with Crippen LogP contribution in [0.15, 0.2) is 22.7 Å². The molecule has 15 heavy (non-hydrogen) atoms. The van der Waals surface area contributed by atoms with Crippen LogP contribution in [0.5, 0.6) is 0 Å². The zero-order chi connectivity index (χ0) is 11.0. The van der Waals surface area contributed by atoms with Crippen molar-refractivity contribution in [2.45, 2.75) is 13.8 Å². The largest absolute Gasteiger partial charge is 0.382 e. The molecular formula is C11H12BrN3. The first kappa shape index (κ1) is 10.2. The Morgan fingerprint density at radius 3 is 2.60 bits per heavy atom. The fourth-order valence-corrected chi connectivity index (χ4v) is 1.82. The summed E-state index contributed by atoms with van der Waals surface area (Å²) in [5.74, 6) is 0.557. The fraction of sp³-hybridized carbons (Fsp3) is 0.182. The number of nitrogens with two attached hydrogens (primary N) is 1. The Morgan fingerprint density at radius 2 is 2.07 bits per heavy atom. The summed E-state index contributed by atoms with van der Waals surface area (Å²) in [4.78, 5) is 0. The minimum absolute atomic E-state index is 0.557. The molecular weight excluding hydrogens is 254 g/mol. The van der Waals surface area contributed by atoms with Crippen LogP contribution in [0.4, 0.5) is 5.82 Å². The van der Waals surface area contributed by atoms with Crippen LogP contribution in [-0.4, -0.2) is 10.2 Å². The van der Waals surface area contributed by atoms with Crippen molar-refractivity contribution in [2.75, 3.05) is 5.73 Å². The van der Waals surface area contributed by atoms with Gasteiger partial charge < -0.3 is 5.73 Å². The molecule has 0 aliphatic heterocycles. The molecule has 3 nitrogen and oxygen atoms in total. The molecule has 0 saturated carbocycles. The van der Waals surface area contributed by atoms with Gasteiger partial charge in [-0.2, -0.15) is 5.10 Å². The number of anilines is 1. The van der Waals surface area contributed by atoms with Gasteiger partial charge in [0, 0.05) is 15.6 Å². The molecule has 0 aliphatic rings. The predicted molar refractivity (Wildman–Crippen MR) is 65.6 cm³/mol. The highest BCUT2D eigenvalue weighted by atomic mass is 79.9. The number of benzene rings is 1. The van der Waals surface area contributed by atoms with Gasteiger partial charge in [0.15, 0.2) is 0 Å². The maximum atomic E-state index is 5.69. The van der Waals surface area contributed by atoms with Crippen molar-refractivity contribution in [3.63, 3.8) is 0 Å². The highest BCUT2D eigenvalue weighted by Gasteiger charge is 2.08. The molecule has 4 heteroatoms. The SMILES string of the molecule is Cc1ccc(-c2[nH]nc(N)c2C)cc1Br. The molecule has 1 heterocycles. The summed E-state index contributed by atoms with van der Waals surface area (Å²) >= 11 is 3.51. The summed E-state index contributed by atoms with van der Waals surface area (Å²) in [6.07, 6.45) is 0. The van der Waals surface area contributed by atoms with E-state index in [0.717, 1.165) is 21.3 Å². The molecule has 0 saturated heterocycles. The average Bonchev–Trinajstić information content (AvgIpc) is 2.53. The zero-order valence-corrected chi connectivity index (χ0v) is 10.2. The van der Waals surface area contributed by atoms with E-state index in [1.165, 1.54) is 5.56 Å². The first-order chi connectivity index (χ1) is 7.09. The quantitative estimate of drug-likeness (QED) is 0.833. The number of H-pyrrole nitrogens is 1. The normalized spacial score (nSPS) is 10.6. The van der Waals surface area contributed by atoms with Gasteiger partial charge in [-0.25, -0.2) is 0 Å². The summed E-state index contributed by atoms with van der Waals surface area (Å²) in [5.41, 5.74) is 9.97. The maximum Gasteiger partial charge on any atom is 0.148 e. The van der Waals surface area contributed by atoms with Crippen LogP contribution in [0.1, 0.15) is 11.1 Å². The summed E-state index contributed by atoms with van der Waals surface area (Å²) in [5, 5.41) is 6.92. The number of aromatic amines is 1. The number of rotatable bonds is 1. The number of nitrogen functional groups attached to an aromatic ring is 1. The van der Waals surface area contributed by atoms with Gasteiger partial charge in [-0.05, 0) is 25.5 Å². The molecule has 0 fully saturated rings. The standard InChI is InChI=1S/C11H12BrN3/c1-6-3-4-8(5-9(6)12)10-7(2)11(13)15-14-10/h3-5H,1-2H3,(H3,13,14,15). The minimum atomic E-state index is 0.557. The Labute approximate surface area is 96.8 Å². The lowest BCUT2D eigenvalue weighted by molar-refractivity contribution is 1.10.